The molecule has 17 heavy (non-hydrogen) atoms. The highest BCUT2D eigenvalue weighted by atomic mass is 32.2. The molecule has 0 aromatic heterocycles. The Labute approximate surface area is 101 Å². The molecule has 0 aliphatic carbocycles. The number of rotatable bonds is 1. The molecule has 1 N–H and O–H groups in total. The van der Waals surface area contributed by atoms with E-state index in [1.165, 1.54) is 0 Å². The molecule has 3 heteroatoms. The second-order valence-corrected chi connectivity index (χ2v) is 4.83. The summed E-state index contributed by atoms with van der Waals surface area (Å²) in [5, 5.41) is 3.95. The summed E-state index contributed by atoms with van der Waals surface area (Å²) in [5.41, 5.74) is 0. The second kappa shape index (κ2) is 3.95. The zero-order valence-electron chi connectivity index (χ0n) is 8.96. The molecule has 0 heterocycles. The van der Waals surface area contributed by atoms with E-state index in [9.17, 15) is 8.76 Å². The Bertz CT molecular complexity index is 734. The monoisotopic (exact) mass is 242 g/mol. The van der Waals surface area contributed by atoms with Crippen LogP contribution in [-0.2, 0) is 11.1 Å². The van der Waals surface area contributed by atoms with Gasteiger partial charge in [-0.15, -0.1) is 0 Å². The van der Waals surface area contributed by atoms with E-state index >= 15 is 0 Å². The minimum atomic E-state index is -1.96. The summed E-state index contributed by atoms with van der Waals surface area (Å²) in [4.78, 5) is 0.472. The van der Waals surface area contributed by atoms with Crippen molar-refractivity contribution in [2.75, 3.05) is 0 Å². The standard InChI is InChI=1S/C14H10O2S/c15-17(16)13-7-3-5-11-9-8-10-4-1-2-6-12(10)14(11)13/h1-9H,(H,15,16). The fourth-order valence-corrected chi connectivity index (χ4v) is 2.77. The Kier molecular flexibility index (Phi) is 2.42. The van der Waals surface area contributed by atoms with Gasteiger partial charge in [0.05, 0.1) is 4.90 Å². The molecule has 3 aromatic rings. The van der Waals surface area contributed by atoms with Crippen LogP contribution in [0.5, 0.6) is 0 Å². The van der Waals surface area contributed by atoms with E-state index in [1.54, 1.807) is 12.1 Å². The summed E-state index contributed by atoms with van der Waals surface area (Å²) < 4.78 is 20.7. The first-order valence-electron chi connectivity index (χ1n) is 5.29. The number of hydrogen-bond donors (Lipinski definition) is 1. The fourth-order valence-electron chi connectivity index (χ4n) is 2.17. The van der Waals surface area contributed by atoms with E-state index in [2.05, 4.69) is 0 Å². The average molecular weight is 242 g/mol. The van der Waals surface area contributed by atoms with Crippen LogP contribution in [0.25, 0.3) is 21.5 Å². The van der Waals surface area contributed by atoms with Gasteiger partial charge in [-0.05, 0) is 22.2 Å². The summed E-state index contributed by atoms with van der Waals surface area (Å²) in [7, 11) is 0. The third-order valence-electron chi connectivity index (χ3n) is 2.92. The van der Waals surface area contributed by atoms with E-state index in [1.807, 2.05) is 42.5 Å². The van der Waals surface area contributed by atoms with E-state index < -0.39 is 11.1 Å². The van der Waals surface area contributed by atoms with Gasteiger partial charge in [-0.2, -0.15) is 0 Å². The largest absolute Gasteiger partial charge is 0.302 e. The number of benzene rings is 3. The van der Waals surface area contributed by atoms with Gasteiger partial charge in [0, 0.05) is 5.39 Å². The lowest BCUT2D eigenvalue weighted by Crippen LogP contribution is -1.90. The van der Waals surface area contributed by atoms with Crippen LogP contribution in [0.3, 0.4) is 0 Å². The molecule has 0 aliphatic heterocycles. The molecule has 0 saturated carbocycles. The molecule has 84 valence electrons. The van der Waals surface area contributed by atoms with E-state index in [-0.39, 0.29) is 0 Å². The van der Waals surface area contributed by atoms with Gasteiger partial charge in [0.2, 0.25) is 0 Å². The fraction of sp³-hybridized carbons (Fsp3) is 0. The second-order valence-electron chi connectivity index (χ2n) is 3.89. The van der Waals surface area contributed by atoms with Crippen molar-refractivity contribution in [3.8, 4) is 0 Å². The van der Waals surface area contributed by atoms with Crippen molar-refractivity contribution in [2.45, 2.75) is 4.90 Å². The molecule has 0 bridgehead atoms. The zero-order valence-corrected chi connectivity index (χ0v) is 9.78. The summed E-state index contributed by atoms with van der Waals surface area (Å²) in [6, 6.07) is 17.4. The van der Waals surface area contributed by atoms with Crippen molar-refractivity contribution in [1.29, 1.82) is 0 Å². The molecule has 3 rings (SSSR count). The lowest BCUT2D eigenvalue weighted by Gasteiger charge is -2.06. The third kappa shape index (κ3) is 1.64. The zero-order chi connectivity index (χ0) is 11.8. The Morgan fingerprint density at radius 2 is 1.53 bits per heavy atom. The average Bonchev–Trinajstić information content (AvgIpc) is 2.37. The van der Waals surface area contributed by atoms with Crippen LogP contribution in [0.1, 0.15) is 0 Å². The van der Waals surface area contributed by atoms with Gasteiger partial charge in [-0.3, -0.25) is 0 Å². The van der Waals surface area contributed by atoms with Gasteiger partial charge in [0.1, 0.15) is 0 Å². The topological polar surface area (TPSA) is 37.3 Å². The highest BCUT2D eigenvalue weighted by Crippen LogP contribution is 2.29. The summed E-state index contributed by atoms with van der Waals surface area (Å²) in [5.74, 6) is 0. The molecule has 0 saturated heterocycles. The van der Waals surface area contributed by atoms with E-state index in [0.717, 1.165) is 21.5 Å². The molecule has 1 unspecified atom stereocenters. The number of hydrogen-bond acceptors (Lipinski definition) is 1. The Balaban J connectivity index is 2.59. The molecular weight excluding hydrogens is 232 g/mol. The van der Waals surface area contributed by atoms with Crippen molar-refractivity contribution >= 4 is 32.6 Å². The van der Waals surface area contributed by atoms with Gasteiger partial charge >= 0.3 is 0 Å². The summed E-state index contributed by atoms with van der Waals surface area (Å²) in [6.45, 7) is 0. The SMILES string of the molecule is O=S(O)c1cccc2ccc3ccccc3c12. The van der Waals surface area contributed by atoms with E-state index in [4.69, 9.17) is 0 Å². The van der Waals surface area contributed by atoms with Crippen molar-refractivity contribution < 1.29 is 8.76 Å². The molecule has 3 aromatic carbocycles. The molecule has 1 atom stereocenters. The predicted molar refractivity (Wildman–Crippen MR) is 70.5 cm³/mol. The first kappa shape index (κ1) is 10.4. The Hall–Kier alpha value is -1.71. The molecular formula is C14H10O2S. The predicted octanol–water partition coefficient (Wildman–Crippen LogP) is 3.57. The van der Waals surface area contributed by atoms with Gasteiger partial charge in [-0.1, -0.05) is 48.5 Å². The molecule has 0 radical (unpaired) electrons. The quantitative estimate of drug-likeness (QED) is 0.523. The molecule has 0 amide bonds. The van der Waals surface area contributed by atoms with Crippen molar-refractivity contribution in [1.82, 2.24) is 0 Å². The molecule has 0 spiro atoms. The summed E-state index contributed by atoms with van der Waals surface area (Å²) >= 11 is -1.96. The Morgan fingerprint density at radius 1 is 0.824 bits per heavy atom. The normalized spacial score (nSPS) is 13.0. The maximum atomic E-state index is 11.4. The van der Waals surface area contributed by atoms with Crippen LogP contribution >= 0.6 is 0 Å². The van der Waals surface area contributed by atoms with Gasteiger partial charge < -0.3 is 4.55 Å². The van der Waals surface area contributed by atoms with Crippen molar-refractivity contribution in [2.24, 2.45) is 0 Å². The minimum absolute atomic E-state index is 0.472. The first-order valence-corrected chi connectivity index (χ1v) is 6.39. The minimum Gasteiger partial charge on any atom is -0.302 e. The van der Waals surface area contributed by atoms with Crippen LogP contribution in [-0.4, -0.2) is 8.76 Å². The van der Waals surface area contributed by atoms with Gasteiger partial charge in [-0.25, -0.2) is 4.21 Å². The van der Waals surface area contributed by atoms with Crippen molar-refractivity contribution in [3.05, 3.63) is 54.6 Å². The molecule has 2 nitrogen and oxygen atoms in total. The Morgan fingerprint density at radius 3 is 2.35 bits per heavy atom. The smallest absolute Gasteiger partial charge is 0.187 e. The third-order valence-corrected chi connectivity index (χ3v) is 3.64. The maximum absolute atomic E-state index is 11.4. The van der Waals surface area contributed by atoms with Gasteiger partial charge in [0.25, 0.3) is 0 Å². The lowest BCUT2D eigenvalue weighted by atomic mass is 10.0. The van der Waals surface area contributed by atoms with Crippen LogP contribution in [0.15, 0.2) is 59.5 Å². The van der Waals surface area contributed by atoms with Crippen LogP contribution < -0.4 is 0 Å². The summed E-state index contributed by atoms with van der Waals surface area (Å²) in [6.07, 6.45) is 0. The highest BCUT2D eigenvalue weighted by molar-refractivity contribution is 7.79. The van der Waals surface area contributed by atoms with Crippen LogP contribution in [0, 0.1) is 0 Å². The molecule has 0 fully saturated rings. The number of fused-ring (bicyclic) bond motifs is 3. The molecule has 0 aliphatic rings. The van der Waals surface area contributed by atoms with Crippen LogP contribution in [0.4, 0.5) is 0 Å². The van der Waals surface area contributed by atoms with Gasteiger partial charge in [0.15, 0.2) is 11.1 Å². The lowest BCUT2D eigenvalue weighted by molar-refractivity contribution is 0.565. The van der Waals surface area contributed by atoms with Crippen molar-refractivity contribution in [3.63, 3.8) is 0 Å². The van der Waals surface area contributed by atoms with Crippen LogP contribution in [0.2, 0.25) is 0 Å². The maximum Gasteiger partial charge on any atom is 0.187 e. The van der Waals surface area contributed by atoms with E-state index in [0.29, 0.717) is 4.90 Å². The highest BCUT2D eigenvalue weighted by Gasteiger charge is 2.08. The first-order chi connectivity index (χ1) is 8.27.